The van der Waals surface area contributed by atoms with Gasteiger partial charge in [0.1, 0.15) is 11.4 Å². The molecule has 204 valence electrons. The molecule has 2 heterocycles. The van der Waals surface area contributed by atoms with Crippen molar-refractivity contribution >= 4 is 17.0 Å². The van der Waals surface area contributed by atoms with E-state index in [1.54, 1.807) is 28.7 Å². The summed E-state index contributed by atoms with van der Waals surface area (Å²) in [5, 5.41) is 20.6. The molecule has 0 aliphatic carbocycles. The van der Waals surface area contributed by atoms with Crippen LogP contribution in [-0.2, 0) is 17.8 Å². The van der Waals surface area contributed by atoms with Gasteiger partial charge in [0.25, 0.3) is 5.56 Å². The maximum absolute atomic E-state index is 13.2. The van der Waals surface area contributed by atoms with E-state index in [-0.39, 0.29) is 29.6 Å². The SMILES string of the molecule is COc1ccc2ccc(=O)n(CCN3CCC(N(Cc4ccc(O)c(O)c4)C(=O)OC(C)(C)C)CC3)c2c1. The molecule has 0 atom stereocenters. The highest BCUT2D eigenvalue weighted by Gasteiger charge is 2.31. The van der Waals surface area contributed by atoms with E-state index in [2.05, 4.69) is 4.90 Å². The van der Waals surface area contributed by atoms with Crippen molar-refractivity contribution in [2.75, 3.05) is 26.7 Å². The Kier molecular flexibility index (Phi) is 8.16. The maximum Gasteiger partial charge on any atom is 0.410 e. The molecule has 38 heavy (non-hydrogen) atoms. The predicted molar refractivity (Wildman–Crippen MR) is 146 cm³/mol. The molecule has 2 N–H and O–H groups in total. The predicted octanol–water partition coefficient (Wildman–Crippen LogP) is 4.32. The highest BCUT2D eigenvalue weighted by atomic mass is 16.6. The summed E-state index contributed by atoms with van der Waals surface area (Å²) in [7, 11) is 1.61. The second kappa shape index (κ2) is 11.3. The third kappa shape index (κ3) is 6.58. The van der Waals surface area contributed by atoms with Gasteiger partial charge >= 0.3 is 6.09 Å². The van der Waals surface area contributed by atoms with Crippen LogP contribution in [0.2, 0.25) is 0 Å². The van der Waals surface area contributed by atoms with E-state index < -0.39 is 11.7 Å². The molecule has 3 aromatic rings. The Labute approximate surface area is 222 Å². The van der Waals surface area contributed by atoms with Gasteiger partial charge in [-0.05, 0) is 74.9 Å². The summed E-state index contributed by atoms with van der Waals surface area (Å²) in [6.07, 6.45) is 1.10. The molecular formula is C29H37N3O6. The number of phenolic OH excluding ortho intramolecular Hbond substituents is 2. The minimum absolute atomic E-state index is 0.0402. The van der Waals surface area contributed by atoms with E-state index in [1.165, 1.54) is 12.1 Å². The summed E-state index contributed by atoms with van der Waals surface area (Å²) in [6.45, 7) is 8.58. The van der Waals surface area contributed by atoms with Crippen LogP contribution in [0.1, 0.15) is 39.2 Å². The number of methoxy groups -OCH3 is 1. The normalized spacial score (nSPS) is 14.9. The average molecular weight is 524 g/mol. The van der Waals surface area contributed by atoms with Gasteiger partial charge in [-0.2, -0.15) is 0 Å². The van der Waals surface area contributed by atoms with Crippen molar-refractivity contribution in [3.63, 3.8) is 0 Å². The summed E-state index contributed by atoms with van der Waals surface area (Å²) in [4.78, 5) is 29.8. The van der Waals surface area contributed by atoms with Gasteiger partial charge in [0.2, 0.25) is 0 Å². The number of benzene rings is 2. The van der Waals surface area contributed by atoms with E-state index in [9.17, 15) is 19.8 Å². The standard InChI is InChI=1S/C29H37N3O6/c1-29(2,3)38-28(36)32(19-20-5-9-25(33)26(34)17-20)22-11-13-30(14-12-22)15-16-31-24-18-23(37-4)8-6-21(24)7-10-27(31)35/h5-10,17-18,22,33-34H,11-16,19H2,1-4H3. The first kappa shape index (κ1) is 27.3. The lowest BCUT2D eigenvalue weighted by Crippen LogP contribution is -2.49. The molecular weight excluding hydrogens is 486 g/mol. The van der Waals surface area contributed by atoms with Crippen molar-refractivity contribution in [2.24, 2.45) is 0 Å². The smallest absolute Gasteiger partial charge is 0.410 e. The molecule has 9 nitrogen and oxygen atoms in total. The lowest BCUT2D eigenvalue weighted by atomic mass is 10.0. The van der Waals surface area contributed by atoms with E-state index in [0.717, 1.165) is 36.8 Å². The molecule has 1 aromatic heterocycles. The van der Waals surface area contributed by atoms with Crippen LogP contribution in [0.3, 0.4) is 0 Å². The van der Waals surface area contributed by atoms with Gasteiger partial charge in [0.15, 0.2) is 11.5 Å². The third-order valence-corrected chi connectivity index (χ3v) is 6.86. The van der Waals surface area contributed by atoms with Crippen molar-refractivity contribution in [3.05, 3.63) is 64.4 Å². The minimum Gasteiger partial charge on any atom is -0.504 e. The second-order valence-electron chi connectivity index (χ2n) is 10.8. The Morgan fingerprint density at radius 1 is 1.00 bits per heavy atom. The number of hydrogen-bond donors (Lipinski definition) is 2. The second-order valence-corrected chi connectivity index (χ2v) is 10.8. The lowest BCUT2D eigenvalue weighted by Gasteiger charge is -2.39. The van der Waals surface area contributed by atoms with Crippen LogP contribution in [0.15, 0.2) is 53.3 Å². The number of hydrogen-bond acceptors (Lipinski definition) is 7. The number of aromatic nitrogens is 1. The highest BCUT2D eigenvalue weighted by molar-refractivity contribution is 5.80. The summed E-state index contributed by atoms with van der Waals surface area (Å²) in [6, 6.07) is 13.7. The van der Waals surface area contributed by atoms with Crippen molar-refractivity contribution < 1.29 is 24.5 Å². The van der Waals surface area contributed by atoms with Crippen LogP contribution < -0.4 is 10.3 Å². The molecule has 1 aliphatic heterocycles. The number of carbonyl (C=O) groups is 1. The number of phenols is 2. The first-order valence-corrected chi connectivity index (χ1v) is 12.9. The van der Waals surface area contributed by atoms with Crippen molar-refractivity contribution in [1.29, 1.82) is 0 Å². The largest absolute Gasteiger partial charge is 0.504 e. The van der Waals surface area contributed by atoms with E-state index in [1.807, 2.05) is 45.0 Å². The average Bonchev–Trinajstić information content (AvgIpc) is 2.87. The zero-order valence-corrected chi connectivity index (χ0v) is 22.5. The molecule has 9 heteroatoms. The van der Waals surface area contributed by atoms with Crippen molar-refractivity contribution in [1.82, 2.24) is 14.4 Å². The zero-order valence-electron chi connectivity index (χ0n) is 22.5. The van der Waals surface area contributed by atoms with Gasteiger partial charge in [0, 0.05) is 50.9 Å². The molecule has 1 saturated heterocycles. The number of carbonyl (C=O) groups excluding carboxylic acids is 1. The molecule has 1 fully saturated rings. The van der Waals surface area contributed by atoms with Crippen LogP contribution >= 0.6 is 0 Å². The quantitative estimate of drug-likeness (QED) is 0.445. The molecule has 0 saturated carbocycles. The van der Waals surface area contributed by atoms with Gasteiger partial charge in [-0.15, -0.1) is 0 Å². The number of ether oxygens (including phenoxy) is 2. The first-order chi connectivity index (χ1) is 18.0. The monoisotopic (exact) mass is 523 g/mol. The van der Waals surface area contributed by atoms with Crippen LogP contribution in [0.5, 0.6) is 17.2 Å². The fourth-order valence-electron chi connectivity index (χ4n) is 4.85. The number of nitrogens with zero attached hydrogens (tertiary/aromatic N) is 3. The molecule has 0 bridgehead atoms. The van der Waals surface area contributed by atoms with Gasteiger partial charge in [-0.25, -0.2) is 4.79 Å². The van der Waals surface area contributed by atoms with Crippen molar-refractivity contribution in [2.45, 2.75) is 58.3 Å². The van der Waals surface area contributed by atoms with Crippen LogP contribution in [0.4, 0.5) is 4.79 Å². The van der Waals surface area contributed by atoms with E-state index in [0.29, 0.717) is 24.4 Å². The Bertz CT molecular complexity index is 1340. The molecule has 2 aromatic carbocycles. The molecule has 4 rings (SSSR count). The summed E-state index contributed by atoms with van der Waals surface area (Å²) in [5.74, 6) is 0.291. The van der Waals surface area contributed by atoms with Gasteiger partial charge in [-0.3, -0.25) is 4.79 Å². The Balaban J connectivity index is 1.44. The number of amides is 1. The first-order valence-electron chi connectivity index (χ1n) is 12.9. The van der Waals surface area contributed by atoms with Gasteiger partial charge < -0.3 is 34.1 Å². The highest BCUT2D eigenvalue weighted by Crippen LogP contribution is 2.28. The number of piperidine rings is 1. The van der Waals surface area contributed by atoms with Crippen LogP contribution in [-0.4, -0.2) is 69.1 Å². The fourth-order valence-corrected chi connectivity index (χ4v) is 4.85. The lowest BCUT2D eigenvalue weighted by molar-refractivity contribution is 0.00564. The van der Waals surface area contributed by atoms with E-state index >= 15 is 0 Å². The van der Waals surface area contributed by atoms with E-state index in [4.69, 9.17) is 9.47 Å². The van der Waals surface area contributed by atoms with Crippen molar-refractivity contribution in [3.8, 4) is 17.2 Å². The molecule has 0 unspecified atom stereocenters. The van der Waals surface area contributed by atoms with Crippen LogP contribution in [0.25, 0.3) is 10.9 Å². The Morgan fingerprint density at radius 3 is 2.37 bits per heavy atom. The molecule has 0 spiro atoms. The zero-order chi connectivity index (χ0) is 27.4. The summed E-state index contributed by atoms with van der Waals surface area (Å²) >= 11 is 0. The summed E-state index contributed by atoms with van der Waals surface area (Å²) in [5.41, 5.74) is 0.870. The maximum atomic E-state index is 13.2. The number of pyridine rings is 1. The number of likely N-dealkylation sites (tertiary alicyclic amines) is 1. The number of aromatic hydroxyl groups is 2. The third-order valence-electron chi connectivity index (χ3n) is 6.86. The van der Waals surface area contributed by atoms with Gasteiger partial charge in [-0.1, -0.05) is 6.07 Å². The number of rotatable bonds is 7. The van der Waals surface area contributed by atoms with Crippen LogP contribution in [0, 0.1) is 0 Å². The molecule has 1 aliphatic rings. The topological polar surface area (TPSA) is 104 Å². The Hall–Kier alpha value is -3.72. The Morgan fingerprint density at radius 2 is 1.71 bits per heavy atom. The molecule has 1 amide bonds. The molecule has 0 radical (unpaired) electrons. The van der Waals surface area contributed by atoms with Gasteiger partial charge in [0.05, 0.1) is 12.6 Å². The number of fused-ring (bicyclic) bond motifs is 1. The minimum atomic E-state index is -0.637. The fraction of sp³-hybridized carbons (Fsp3) is 0.448. The summed E-state index contributed by atoms with van der Waals surface area (Å²) < 4.78 is 12.8.